The van der Waals surface area contributed by atoms with Crippen LogP contribution >= 0.6 is 0 Å². The summed E-state index contributed by atoms with van der Waals surface area (Å²) in [6.07, 6.45) is 6.19. The quantitative estimate of drug-likeness (QED) is 0.436. The highest BCUT2D eigenvalue weighted by Gasteiger charge is 2.32. The van der Waals surface area contributed by atoms with Crippen molar-refractivity contribution in [1.29, 1.82) is 0 Å². The third-order valence-corrected chi connectivity index (χ3v) is 6.04. The summed E-state index contributed by atoms with van der Waals surface area (Å²) in [5, 5.41) is 9.84. The van der Waals surface area contributed by atoms with E-state index in [1.54, 1.807) is 36.4 Å². The van der Waals surface area contributed by atoms with Crippen molar-refractivity contribution in [3.63, 3.8) is 0 Å². The molecule has 0 saturated carbocycles. The Hall–Kier alpha value is -3.34. The van der Waals surface area contributed by atoms with Crippen LogP contribution in [-0.2, 0) is 20.9 Å². The fraction of sp³-hybridized carbons (Fsp3) is 0.400. The van der Waals surface area contributed by atoms with Crippen LogP contribution in [0.3, 0.4) is 0 Å². The number of likely N-dealkylation sites (tertiary alicyclic amines) is 1. The lowest BCUT2D eigenvalue weighted by Gasteiger charge is -2.25. The molecular weight excluding hydrogens is 455 g/mol. The largest absolute Gasteiger partial charge is 0.465 e. The van der Waals surface area contributed by atoms with Crippen molar-refractivity contribution in [2.24, 2.45) is 0 Å². The van der Waals surface area contributed by atoms with Gasteiger partial charge in [-0.3, -0.25) is 14.6 Å². The van der Waals surface area contributed by atoms with Crippen LogP contribution in [-0.4, -0.2) is 59.0 Å². The third-order valence-electron chi connectivity index (χ3n) is 6.04. The number of amides is 2. The van der Waals surface area contributed by atoms with Gasteiger partial charge in [0.05, 0.1) is 6.04 Å². The number of carbonyl (C=O) groups is 2. The summed E-state index contributed by atoms with van der Waals surface area (Å²) in [4.78, 5) is 36.8. The Morgan fingerprint density at radius 3 is 2.83 bits per heavy atom. The van der Waals surface area contributed by atoms with E-state index in [1.165, 1.54) is 23.2 Å². The average Bonchev–Trinajstić information content (AvgIpc) is 3.32. The minimum Gasteiger partial charge on any atom is -0.465 e. The number of benzene rings is 1. The van der Waals surface area contributed by atoms with Gasteiger partial charge in [0.25, 0.3) is 5.91 Å². The van der Waals surface area contributed by atoms with Crippen LogP contribution in [0.5, 0.6) is 0 Å². The molecule has 0 radical (unpaired) electrons. The van der Waals surface area contributed by atoms with Gasteiger partial charge < -0.3 is 9.84 Å². The van der Waals surface area contributed by atoms with E-state index < -0.39 is 18.3 Å². The summed E-state index contributed by atoms with van der Waals surface area (Å²) in [6, 6.07) is 9.61. The van der Waals surface area contributed by atoms with Crippen LogP contribution < -0.4 is 10.4 Å². The maximum absolute atomic E-state index is 14.0. The number of nitrogens with one attached hydrogen (secondary N) is 1. The second kappa shape index (κ2) is 11.9. The van der Waals surface area contributed by atoms with Crippen LogP contribution in [0.1, 0.15) is 36.8 Å². The van der Waals surface area contributed by atoms with E-state index in [0.717, 1.165) is 19.3 Å². The number of ether oxygens (including phenoxy) is 1. The van der Waals surface area contributed by atoms with Gasteiger partial charge >= 0.3 is 6.09 Å². The first-order valence-corrected chi connectivity index (χ1v) is 11.7. The van der Waals surface area contributed by atoms with Crippen molar-refractivity contribution < 1.29 is 28.7 Å². The standard InChI is InChI=1S/C25H29FN4O5/c26-21-6-2-1-5-19(21)16-29-13-12-20(17-29)30(25(32)33)22-10-8-18(15-27-22)9-11-23(31)28-35-24-7-3-4-14-34-24/h1-2,5-6,8-11,15,20,24H,3-4,7,12-14,16-17H2,(H,28,31)(H,32,33)/b11-9+/t20-,24?/m1/s1. The van der Waals surface area contributed by atoms with Gasteiger partial charge in [0.2, 0.25) is 0 Å². The first kappa shape index (κ1) is 24.8. The van der Waals surface area contributed by atoms with Gasteiger partial charge in [-0.25, -0.2) is 24.5 Å². The molecule has 2 saturated heterocycles. The molecule has 2 amide bonds. The lowest BCUT2D eigenvalue weighted by atomic mass is 10.2. The Balaban J connectivity index is 1.32. The predicted octanol–water partition coefficient (Wildman–Crippen LogP) is 3.57. The van der Waals surface area contributed by atoms with Gasteiger partial charge in [0.1, 0.15) is 11.6 Å². The number of hydrogen-bond donors (Lipinski definition) is 2. The molecule has 0 aliphatic carbocycles. The van der Waals surface area contributed by atoms with E-state index >= 15 is 0 Å². The topological polar surface area (TPSA) is 104 Å². The molecule has 1 aromatic heterocycles. The number of pyridine rings is 1. The number of halogens is 1. The fourth-order valence-corrected chi connectivity index (χ4v) is 4.25. The lowest BCUT2D eigenvalue weighted by molar-refractivity contribution is -0.198. The molecule has 4 rings (SSSR count). The SMILES string of the molecule is O=C(/C=C/c1ccc(N(C(=O)O)[C@@H]2CCN(Cc3ccccc3F)C2)nc1)NOC1CCCCO1. The number of carboxylic acid groups (broad SMARTS) is 1. The Bertz CT molecular complexity index is 1040. The maximum Gasteiger partial charge on any atom is 0.413 e. The van der Waals surface area contributed by atoms with Crippen molar-refractivity contribution in [2.45, 2.75) is 44.6 Å². The van der Waals surface area contributed by atoms with E-state index in [9.17, 15) is 19.1 Å². The molecule has 0 bridgehead atoms. The van der Waals surface area contributed by atoms with Crippen molar-refractivity contribution in [3.8, 4) is 0 Å². The highest BCUT2D eigenvalue weighted by Crippen LogP contribution is 2.24. The number of hydroxylamine groups is 1. The number of carbonyl (C=O) groups excluding carboxylic acids is 1. The Labute approximate surface area is 203 Å². The minimum atomic E-state index is -1.10. The molecule has 1 unspecified atom stereocenters. The van der Waals surface area contributed by atoms with Gasteiger partial charge in [0.15, 0.2) is 6.29 Å². The fourth-order valence-electron chi connectivity index (χ4n) is 4.25. The molecule has 2 atom stereocenters. The van der Waals surface area contributed by atoms with Crippen molar-refractivity contribution >= 4 is 23.9 Å². The number of nitrogens with zero attached hydrogens (tertiary/aromatic N) is 3. The van der Waals surface area contributed by atoms with E-state index in [-0.39, 0.29) is 11.9 Å². The molecule has 2 aromatic rings. The zero-order chi connectivity index (χ0) is 24.6. The molecule has 3 heterocycles. The van der Waals surface area contributed by atoms with Crippen LogP contribution in [0.4, 0.5) is 15.0 Å². The summed E-state index contributed by atoms with van der Waals surface area (Å²) >= 11 is 0. The number of hydrogen-bond acceptors (Lipinski definition) is 6. The molecule has 0 spiro atoms. The third kappa shape index (κ3) is 6.84. The van der Waals surface area contributed by atoms with Gasteiger partial charge in [-0.15, -0.1) is 0 Å². The van der Waals surface area contributed by atoms with Crippen LogP contribution in [0.25, 0.3) is 6.08 Å². The van der Waals surface area contributed by atoms with Crippen LogP contribution in [0, 0.1) is 5.82 Å². The lowest BCUT2D eigenvalue weighted by Crippen LogP contribution is -2.41. The zero-order valence-electron chi connectivity index (χ0n) is 19.3. The molecule has 10 heteroatoms. The Morgan fingerprint density at radius 1 is 1.26 bits per heavy atom. The number of rotatable bonds is 8. The molecule has 2 N–H and O–H groups in total. The van der Waals surface area contributed by atoms with Gasteiger partial charge in [0, 0.05) is 50.5 Å². The Morgan fingerprint density at radius 2 is 2.11 bits per heavy atom. The normalized spacial score (nSPS) is 20.7. The molecule has 1 aromatic carbocycles. The summed E-state index contributed by atoms with van der Waals surface area (Å²) in [6.45, 7) is 2.18. The van der Waals surface area contributed by atoms with Crippen molar-refractivity contribution in [1.82, 2.24) is 15.4 Å². The highest BCUT2D eigenvalue weighted by molar-refractivity contribution is 5.91. The first-order valence-electron chi connectivity index (χ1n) is 11.7. The maximum atomic E-state index is 14.0. The highest BCUT2D eigenvalue weighted by atomic mass is 19.1. The summed E-state index contributed by atoms with van der Waals surface area (Å²) in [5.41, 5.74) is 3.57. The minimum absolute atomic E-state index is 0.265. The first-order chi connectivity index (χ1) is 17.0. The van der Waals surface area contributed by atoms with Gasteiger partial charge in [-0.2, -0.15) is 0 Å². The molecule has 186 valence electrons. The number of aromatic nitrogens is 1. The smallest absolute Gasteiger partial charge is 0.413 e. The molecule has 9 nitrogen and oxygen atoms in total. The van der Waals surface area contributed by atoms with E-state index in [0.29, 0.717) is 49.6 Å². The van der Waals surface area contributed by atoms with Crippen molar-refractivity contribution in [3.05, 3.63) is 65.6 Å². The molecular formula is C25H29FN4O5. The zero-order valence-corrected chi connectivity index (χ0v) is 19.3. The molecule has 2 aliphatic heterocycles. The van der Waals surface area contributed by atoms with Gasteiger partial charge in [-0.05, 0) is 49.1 Å². The number of anilines is 1. The summed E-state index contributed by atoms with van der Waals surface area (Å²) < 4.78 is 19.4. The Kier molecular flexibility index (Phi) is 8.40. The average molecular weight is 485 g/mol. The van der Waals surface area contributed by atoms with E-state index in [1.807, 2.05) is 4.90 Å². The molecule has 35 heavy (non-hydrogen) atoms. The van der Waals surface area contributed by atoms with E-state index in [2.05, 4.69) is 10.5 Å². The van der Waals surface area contributed by atoms with Crippen molar-refractivity contribution in [2.75, 3.05) is 24.6 Å². The second-order valence-corrected chi connectivity index (χ2v) is 8.58. The second-order valence-electron chi connectivity index (χ2n) is 8.58. The monoisotopic (exact) mass is 484 g/mol. The summed E-state index contributed by atoms with van der Waals surface area (Å²) in [5.74, 6) is -0.398. The predicted molar refractivity (Wildman–Crippen MR) is 127 cm³/mol. The van der Waals surface area contributed by atoms with E-state index in [4.69, 9.17) is 9.57 Å². The van der Waals surface area contributed by atoms with Gasteiger partial charge in [-0.1, -0.05) is 18.2 Å². The molecule has 2 fully saturated rings. The molecule has 2 aliphatic rings. The van der Waals surface area contributed by atoms with Crippen LogP contribution in [0.15, 0.2) is 48.7 Å². The van der Waals surface area contributed by atoms with Crippen LogP contribution in [0.2, 0.25) is 0 Å². The summed E-state index contributed by atoms with van der Waals surface area (Å²) in [7, 11) is 0.